The van der Waals surface area contributed by atoms with Crippen LogP contribution in [0.1, 0.15) is 28.2 Å². The summed E-state index contributed by atoms with van der Waals surface area (Å²) < 4.78 is 0. The quantitative estimate of drug-likeness (QED) is 0.839. The normalized spacial score (nSPS) is 20.1. The summed E-state index contributed by atoms with van der Waals surface area (Å²) in [5.41, 5.74) is 1.38. The van der Waals surface area contributed by atoms with Gasteiger partial charge in [-0.3, -0.25) is 4.79 Å². The average Bonchev–Trinajstić information content (AvgIpc) is 2.74. The lowest BCUT2D eigenvalue weighted by molar-refractivity contribution is -0.119. The number of hydrogen-bond acceptors (Lipinski definition) is 3. The zero-order valence-electron chi connectivity index (χ0n) is 9.80. The Kier molecular flexibility index (Phi) is 3.61. The van der Waals surface area contributed by atoms with Gasteiger partial charge in [-0.05, 0) is 31.9 Å². The van der Waals surface area contributed by atoms with E-state index in [0.717, 1.165) is 19.5 Å². The molecule has 1 unspecified atom stereocenters. The van der Waals surface area contributed by atoms with E-state index in [1.807, 2.05) is 11.3 Å². The van der Waals surface area contributed by atoms with Crippen LogP contribution >= 0.6 is 11.3 Å². The average molecular weight is 238 g/mol. The molecule has 1 atom stereocenters. The second-order valence-corrected chi connectivity index (χ2v) is 5.83. The third-order valence-electron chi connectivity index (χ3n) is 2.93. The lowest BCUT2D eigenvalue weighted by Crippen LogP contribution is -2.35. The monoisotopic (exact) mass is 238 g/mol. The molecule has 16 heavy (non-hydrogen) atoms. The molecule has 2 rings (SSSR count). The van der Waals surface area contributed by atoms with Crippen LogP contribution in [0.2, 0.25) is 0 Å². The molecular formula is C12H18N2OS. The van der Waals surface area contributed by atoms with Crippen LogP contribution in [0.3, 0.4) is 0 Å². The summed E-state index contributed by atoms with van der Waals surface area (Å²) in [6.07, 6.45) is 1.65. The summed E-state index contributed by atoms with van der Waals surface area (Å²) in [6, 6.07) is 2.56. The second kappa shape index (κ2) is 4.97. The summed E-state index contributed by atoms with van der Waals surface area (Å²) in [5, 5.41) is 6.37. The van der Waals surface area contributed by atoms with E-state index in [2.05, 4.69) is 30.5 Å². The Balaban J connectivity index is 1.76. The minimum absolute atomic E-state index is 0.189. The molecule has 0 bridgehead atoms. The van der Waals surface area contributed by atoms with Gasteiger partial charge in [-0.2, -0.15) is 0 Å². The van der Waals surface area contributed by atoms with Gasteiger partial charge < -0.3 is 10.6 Å². The summed E-state index contributed by atoms with van der Waals surface area (Å²) in [5.74, 6) is 0.189. The van der Waals surface area contributed by atoms with Crippen LogP contribution in [0.4, 0.5) is 0 Å². The first-order valence-corrected chi connectivity index (χ1v) is 6.53. The fourth-order valence-electron chi connectivity index (χ4n) is 2.07. The molecule has 0 spiro atoms. The largest absolute Gasteiger partial charge is 0.352 e. The van der Waals surface area contributed by atoms with Crippen LogP contribution in [0.15, 0.2) is 6.07 Å². The van der Waals surface area contributed by atoms with E-state index < -0.39 is 0 Å². The molecule has 4 heteroatoms. The van der Waals surface area contributed by atoms with Crippen LogP contribution in [-0.4, -0.2) is 18.5 Å². The highest BCUT2D eigenvalue weighted by Crippen LogP contribution is 2.20. The first-order valence-electron chi connectivity index (χ1n) is 5.71. The number of hydrogen-bond donors (Lipinski definition) is 2. The zero-order chi connectivity index (χ0) is 11.5. The van der Waals surface area contributed by atoms with Crippen molar-refractivity contribution in [2.75, 3.05) is 6.54 Å². The first-order chi connectivity index (χ1) is 7.65. The Hall–Kier alpha value is -0.870. The van der Waals surface area contributed by atoms with Gasteiger partial charge in [0.2, 0.25) is 5.91 Å². The van der Waals surface area contributed by atoms with E-state index in [1.54, 1.807) is 0 Å². The fraction of sp³-hybridized carbons (Fsp3) is 0.583. The van der Waals surface area contributed by atoms with Gasteiger partial charge in [-0.1, -0.05) is 0 Å². The van der Waals surface area contributed by atoms with Gasteiger partial charge in [0.05, 0.1) is 0 Å². The minimum atomic E-state index is 0.189. The predicted molar refractivity (Wildman–Crippen MR) is 66.7 cm³/mol. The van der Waals surface area contributed by atoms with Crippen LogP contribution < -0.4 is 10.6 Å². The number of rotatable bonds is 4. The van der Waals surface area contributed by atoms with Gasteiger partial charge in [0, 0.05) is 35.3 Å². The van der Waals surface area contributed by atoms with Crippen molar-refractivity contribution in [2.24, 2.45) is 0 Å². The number of carbonyl (C=O) groups is 1. The standard InChI is InChI=1S/C12H18N2OS/c1-8-5-10(9(2)16-8)6-13-7-11-3-4-12(15)14-11/h5,11,13H,3-4,6-7H2,1-2H3,(H,14,15). The molecule has 3 nitrogen and oxygen atoms in total. The van der Waals surface area contributed by atoms with Gasteiger partial charge in [0.15, 0.2) is 0 Å². The summed E-state index contributed by atoms with van der Waals surface area (Å²) in [6.45, 7) is 6.08. The van der Waals surface area contributed by atoms with E-state index in [0.29, 0.717) is 12.5 Å². The van der Waals surface area contributed by atoms with Crippen molar-refractivity contribution in [2.45, 2.75) is 39.3 Å². The molecule has 1 aromatic rings. The fourth-order valence-corrected chi connectivity index (χ4v) is 3.02. The highest BCUT2D eigenvalue weighted by molar-refractivity contribution is 7.12. The van der Waals surface area contributed by atoms with Crippen molar-refractivity contribution in [1.29, 1.82) is 0 Å². The molecule has 0 aliphatic carbocycles. The van der Waals surface area contributed by atoms with Gasteiger partial charge in [-0.25, -0.2) is 0 Å². The molecule has 88 valence electrons. The number of carbonyl (C=O) groups excluding carboxylic acids is 1. The molecule has 2 N–H and O–H groups in total. The van der Waals surface area contributed by atoms with Crippen molar-refractivity contribution >= 4 is 17.2 Å². The van der Waals surface area contributed by atoms with Crippen LogP contribution in [0.25, 0.3) is 0 Å². The van der Waals surface area contributed by atoms with Crippen LogP contribution in [0.5, 0.6) is 0 Å². The first kappa shape index (κ1) is 11.6. The third kappa shape index (κ3) is 2.83. The molecule has 0 radical (unpaired) electrons. The molecule has 1 saturated heterocycles. The Morgan fingerprint density at radius 3 is 2.94 bits per heavy atom. The molecule has 0 saturated carbocycles. The predicted octanol–water partition coefficient (Wildman–Crippen LogP) is 1.73. The SMILES string of the molecule is Cc1cc(CNCC2CCC(=O)N2)c(C)s1. The second-order valence-electron chi connectivity index (χ2n) is 4.37. The van der Waals surface area contributed by atoms with Crippen LogP contribution in [0, 0.1) is 13.8 Å². The van der Waals surface area contributed by atoms with Crippen LogP contribution in [-0.2, 0) is 11.3 Å². The summed E-state index contributed by atoms with van der Waals surface area (Å²) in [4.78, 5) is 13.8. The molecule has 2 heterocycles. The Labute approximate surface area is 100 Å². The van der Waals surface area contributed by atoms with Gasteiger partial charge >= 0.3 is 0 Å². The maximum Gasteiger partial charge on any atom is 0.220 e. The van der Waals surface area contributed by atoms with Crippen molar-refractivity contribution in [3.63, 3.8) is 0 Å². The number of aryl methyl sites for hydroxylation is 2. The maximum absolute atomic E-state index is 11.0. The summed E-state index contributed by atoms with van der Waals surface area (Å²) in [7, 11) is 0. The van der Waals surface area contributed by atoms with Gasteiger partial charge in [-0.15, -0.1) is 11.3 Å². The third-order valence-corrected chi connectivity index (χ3v) is 3.94. The lowest BCUT2D eigenvalue weighted by atomic mass is 10.2. The molecule has 1 fully saturated rings. The van der Waals surface area contributed by atoms with Crippen molar-refractivity contribution < 1.29 is 4.79 Å². The van der Waals surface area contributed by atoms with Gasteiger partial charge in [0.25, 0.3) is 0 Å². The topological polar surface area (TPSA) is 41.1 Å². The van der Waals surface area contributed by atoms with Gasteiger partial charge in [0.1, 0.15) is 0 Å². The molecule has 1 amide bonds. The lowest BCUT2D eigenvalue weighted by Gasteiger charge is -2.10. The van der Waals surface area contributed by atoms with E-state index in [9.17, 15) is 4.79 Å². The molecule has 0 aromatic carbocycles. The minimum Gasteiger partial charge on any atom is -0.352 e. The van der Waals surface area contributed by atoms with E-state index in [1.165, 1.54) is 15.3 Å². The maximum atomic E-state index is 11.0. The van der Waals surface area contributed by atoms with E-state index in [4.69, 9.17) is 0 Å². The number of thiophene rings is 1. The zero-order valence-corrected chi connectivity index (χ0v) is 10.6. The summed E-state index contributed by atoms with van der Waals surface area (Å²) >= 11 is 1.84. The Morgan fingerprint density at radius 1 is 1.56 bits per heavy atom. The molecule has 1 aromatic heterocycles. The molecule has 1 aliphatic rings. The number of nitrogens with one attached hydrogen (secondary N) is 2. The van der Waals surface area contributed by atoms with E-state index >= 15 is 0 Å². The van der Waals surface area contributed by atoms with E-state index in [-0.39, 0.29) is 5.91 Å². The smallest absolute Gasteiger partial charge is 0.220 e. The van der Waals surface area contributed by atoms with Crippen molar-refractivity contribution in [3.8, 4) is 0 Å². The Bertz CT molecular complexity index is 386. The highest BCUT2D eigenvalue weighted by Gasteiger charge is 2.19. The van der Waals surface area contributed by atoms with Crippen molar-refractivity contribution in [1.82, 2.24) is 10.6 Å². The molecule has 1 aliphatic heterocycles. The van der Waals surface area contributed by atoms with Crippen molar-refractivity contribution in [3.05, 3.63) is 21.4 Å². The molecular weight excluding hydrogens is 220 g/mol. The Morgan fingerprint density at radius 2 is 2.38 bits per heavy atom. The number of amides is 1. The highest BCUT2D eigenvalue weighted by atomic mass is 32.1.